The zero-order chi connectivity index (χ0) is 10.3. The molecule has 0 saturated heterocycles. The zero-order valence-electron chi connectivity index (χ0n) is 7.67. The molecule has 0 saturated carbocycles. The van der Waals surface area contributed by atoms with Gasteiger partial charge in [-0.15, -0.1) is 0 Å². The van der Waals surface area contributed by atoms with Crippen molar-refractivity contribution in [2.24, 2.45) is 0 Å². The summed E-state index contributed by atoms with van der Waals surface area (Å²) in [5.74, 6) is -0.0304. The van der Waals surface area contributed by atoms with Gasteiger partial charge < -0.3 is 5.11 Å². The number of Topliss-reactive ketones (excluding diaryl/α,β-unsaturated/α-hetero) is 1. The van der Waals surface area contributed by atoms with E-state index in [0.29, 0.717) is 6.54 Å². The molecule has 13 heavy (non-hydrogen) atoms. The van der Waals surface area contributed by atoms with Crippen LogP contribution in [-0.4, -0.2) is 48.5 Å². The van der Waals surface area contributed by atoms with E-state index in [1.54, 1.807) is 0 Å². The van der Waals surface area contributed by atoms with Gasteiger partial charge in [-0.05, 0) is 6.92 Å². The molecule has 0 atom stereocenters. The van der Waals surface area contributed by atoms with Crippen LogP contribution >= 0.6 is 0 Å². The highest BCUT2D eigenvalue weighted by Crippen LogP contribution is 1.99. The molecule has 0 aliphatic heterocycles. The Kier molecular flexibility index (Phi) is 6.62. The van der Waals surface area contributed by atoms with Crippen LogP contribution in [0, 0.1) is 0 Å². The van der Waals surface area contributed by atoms with Gasteiger partial charge in [0.15, 0.2) is 0 Å². The molecule has 0 aliphatic carbocycles. The summed E-state index contributed by atoms with van der Waals surface area (Å²) in [7, 11) is 0. The number of rotatable bonds is 7. The molecule has 0 unspecified atom stereocenters. The first-order valence-electron chi connectivity index (χ1n) is 4.17. The van der Waals surface area contributed by atoms with E-state index in [2.05, 4.69) is 0 Å². The number of hydrogen-bond donors (Lipinski definition) is 1. The third-order valence-corrected chi connectivity index (χ3v) is 1.59. The first-order chi connectivity index (χ1) is 6.06. The van der Waals surface area contributed by atoms with Gasteiger partial charge in [-0.1, -0.05) is 0 Å². The van der Waals surface area contributed by atoms with Crippen LogP contribution < -0.4 is 0 Å². The van der Waals surface area contributed by atoms with Crippen molar-refractivity contribution in [1.82, 2.24) is 4.90 Å². The molecule has 78 valence electrons. The number of hydrogen-bond acceptors (Lipinski definition) is 3. The zero-order valence-corrected chi connectivity index (χ0v) is 7.67. The van der Waals surface area contributed by atoms with E-state index in [-0.39, 0.29) is 31.9 Å². The van der Waals surface area contributed by atoms with E-state index < -0.39 is 6.43 Å². The van der Waals surface area contributed by atoms with E-state index >= 15 is 0 Å². The summed E-state index contributed by atoms with van der Waals surface area (Å²) in [5, 5.41) is 8.54. The number of aliphatic hydroxyl groups is 1. The van der Waals surface area contributed by atoms with Crippen LogP contribution in [0.1, 0.15) is 13.3 Å². The minimum absolute atomic E-state index is 0.0304. The van der Waals surface area contributed by atoms with Crippen molar-refractivity contribution in [2.45, 2.75) is 19.8 Å². The number of carbonyl (C=O) groups excluding carboxylic acids is 1. The molecule has 0 aliphatic rings. The lowest BCUT2D eigenvalue weighted by Gasteiger charge is -2.19. The first-order valence-corrected chi connectivity index (χ1v) is 4.17. The van der Waals surface area contributed by atoms with Crippen molar-refractivity contribution in [3.63, 3.8) is 0 Å². The van der Waals surface area contributed by atoms with Crippen molar-refractivity contribution in [1.29, 1.82) is 0 Å². The predicted octanol–water partition coefficient (Wildman–Crippen LogP) is 0.525. The lowest BCUT2D eigenvalue weighted by molar-refractivity contribution is -0.117. The monoisotopic (exact) mass is 195 g/mol. The molecule has 0 aromatic heterocycles. The van der Waals surface area contributed by atoms with Gasteiger partial charge in [0.2, 0.25) is 0 Å². The Morgan fingerprint density at radius 1 is 1.46 bits per heavy atom. The van der Waals surface area contributed by atoms with Crippen LogP contribution in [0.3, 0.4) is 0 Å². The van der Waals surface area contributed by atoms with E-state index in [4.69, 9.17) is 5.11 Å². The summed E-state index contributed by atoms with van der Waals surface area (Å²) in [4.78, 5) is 11.9. The van der Waals surface area contributed by atoms with E-state index in [0.717, 1.165) is 0 Å². The van der Waals surface area contributed by atoms with Crippen LogP contribution in [0.15, 0.2) is 0 Å². The fourth-order valence-electron chi connectivity index (χ4n) is 0.947. The van der Waals surface area contributed by atoms with Gasteiger partial charge in [-0.3, -0.25) is 9.69 Å². The van der Waals surface area contributed by atoms with Crippen LogP contribution in [0.4, 0.5) is 8.78 Å². The summed E-state index contributed by atoms with van der Waals surface area (Å²) >= 11 is 0. The second-order valence-electron chi connectivity index (χ2n) is 2.87. The predicted molar refractivity (Wildman–Crippen MR) is 44.8 cm³/mol. The molecular weight excluding hydrogens is 180 g/mol. The Balaban J connectivity index is 3.72. The maximum Gasteiger partial charge on any atom is 0.251 e. The standard InChI is InChI=1S/C8H15F2NO2/c1-7(13)2-3-11(4-5-12)6-8(9)10/h8,12H,2-6H2,1H3. The van der Waals surface area contributed by atoms with Crippen molar-refractivity contribution < 1.29 is 18.7 Å². The highest BCUT2D eigenvalue weighted by molar-refractivity contribution is 5.75. The molecule has 0 aromatic rings. The lowest BCUT2D eigenvalue weighted by Crippen LogP contribution is -2.33. The van der Waals surface area contributed by atoms with Crippen LogP contribution in [0.2, 0.25) is 0 Å². The average Bonchev–Trinajstić information content (AvgIpc) is 1.99. The van der Waals surface area contributed by atoms with Crippen LogP contribution in [0.25, 0.3) is 0 Å². The van der Waals surface area contributed by atoms with Gasteiger partial charge in [0.1, 0.15) is 5.78 Å². The van der Waals surface area contributed by atoms with Gasteiger partial charge in [0.25, 0.3) is 6.43 Å². The Hall–Kier alpha value is -0.550. The molecule has 0 rings (SSSR count). The van der Waals surface area contributed by atoms with E-state index in [1.165, 1.54) is 11.8 Å². The third-order valence-electron chi connectivity index (χ3n) is 1.59. The minimum Gasteiger partial charge on any atom is -0.395 e. The number of aliphatic hydroxyl groups excluding tert-OH is 1. The summed E-state index contributed by atoms with van der Waals surface area (Å²) < 4.78 is 23.8. The Bertz CT molecular complexity index is 153. The van der Waals surface area contributed by atoms with Gasteiger partial charge >= 0.3 is 0 Å². The van der Waals surface area contributed by atoms with Gasteiger partial charge in [0.05, 0.1) is 13.2 Å². The largest absolute Gasteiger partial charge is 0.395 e. The molecule has 5 heteroatoms. The van der Waals surface area contributed by atoms with Crippen LogP contribution in [0.5, 0.6) is 0 Å². The summed E-state index contributed by atoms with van der Waals surface area (Å²) in [5.41, 5.74) is 0. The minimum atomic E-state index is -2.42. The first kappa shape index (κ1) is 12.4. The molecule has 0 spiro atoms. The molecule has 1 N–H and O–H groups in total. The van der Waals surface area contributed by atoms with Crippen molar-refractivity contribution in [3.8, 4) is 0 Å². The molecule has 0 radical (unpaired) electrons. The topological polar surface area (TPSA) is 40.5 Å². The van der Waals surface area contributed by atoms with E-state index in [1.807, 2.05) is 0 Å². The molecule has 0 aromatic carbocycles. The van der Waals surface area contributed by atoms with Crippen LogP contribution in [-0.2, 0) is 4.79 Å². The second-order valence-corrected chi connectivity index (χ2v) is 2.87. The highest BCUT2D eigenvalue weighted by atomic mass is 19.3. The lowest BCUT2D eigenvalue weighted by atomic mass is 10.3. The fourth-order valence-corrected chi connectivity index (χ4v) is 0.947. The molecular formula is C8H15F2NO2. The Labute approximate surface area is 76.3 Å². The highest BCUT2D eigenvalue weighted by Gasteiger charge is 2.11. The number of nitrogens with zero attached hydrogens (tertiary/aromatic N) is 1. The average molecular weight is 195 g/mol. The number of alkyl halides is 2. The van der Waals surface area contributed by atoms with Gasteiger partial charge in [-0.25, -0.2) is 8.78 Å². The fraction of sp³-hybridized carbons (Fsp3) is 0.875. The summed E-state index contributed by atoms with van der Waals surface area (Å²) in [6, 6.07) is 0. The maximum atomic E-state index is 11.9. The van der Waals surface area contributed by atoms with Gasteiger partial charge in [0, 0.05) is 19.5 Å². The SMILES string of the molecule is CC(=O)CCN(CCO)CC(F)F. The summed E-state index contributed by atoms with van der Waals surface area (Å²) in [6.45, 7) is 1.36. The van der Waals surface area contributed by atoms with Crippen molar-refractivity contribution in [2.75, 3.05) is 26.2 Å². The normalized spacial score (nSPS) is 11.2. The van der Waals surface area contributed by atoms with Gasteiger partial charge in [-0.2, -0.15) is 0 Å². The smallest absolute Gasteiger partial charge is 0.251 e. The molecule has 0 fully saturated rings. The molecule has 3 nitrogen and oxygen atoms in total. The van der Waals surface area contributed by atoms with Crippen molar-refractivity contribution in [3.05, 3.63) is 0 Å². The quantitative estimate of drug-likeness (QED) is 0.644. The van der Waals surface area contributed by atoms with Crippen molar-refractivity contribution >= 4 is 5.78 Å². The number of halogens is 2. The number of ketones is 1. The summed E-state index contributed by atoms with van der Waals surface area (Å²) in [6.07, 6.45) is -2.16. The third kappa shape index (κ3) is 7.80. The molecule has 0 amide bonds. The molecule has 0 heterocycles. The number of carbonyl (C=O) groups is 1. The second kappa shape index (κ2) is 6.91. The Morgan fingerprint density at radius 2 is 2.08 bits per heavy atom. The van der Waals surface area contributed by atoms with E-state index in [9.17, 15) is 13.6 Å². The maximum absolute atomic E-state index is 11.9. The molecule has 0 bridgehead atoms. The Morgan fingerprint density at radius 3 is 2.46 bits per heavy atom.